The number of benzene rings is 1. The third kappa shape index (κ3) is 3.14. The molecule has 3 nitrogen and oxygen atoms in total. The minimum absolute atomic E-state index is 0.201. The third-order valence-electron chi connectivity index (χ3n) is 3.69. The lowest BCUT2D eigenvalue weighted by Gasteiger charge is -2.23. The summed E-state index contributed by atoms with van der Waals surface area (Å²) in [5.41, 5.74) is 0.975. The van der Waals surface area contributed by atoms with Crippen LogP contribution < -0.4 is 5.32 Å². The maximum atomic E-state index is 12.4. The van der Waals surface area contributed by atoms with Gasteiger partial charge in [0.15, 0.2) is 0 Å². The Hall–Kier alpha value is -1.82. The van der Waals surface area contributed by atoms with Crippen LogP contribution in [-0.2, 0) is 4.79 Å². The number of carbonyl (C=O) groups is 1. The molecule has 0 atom stereocenters. The highest BCUT2D eigenvalue weighted by Crippen LogP contribution is 2.30. The summed E-state index contributed by atoms with van der Waals surface area (Å²) < 4.78 is 0. The monoisotopic (exact) mass is 258 g/mol. The van der Waals surface area contributed by atoms with E-state index < -0.39 is 5.41 Å². The zero-order valence-electron chi connectivity index (χ0n) is 12.2. The average Bonchev–Trinajstić information content (AvgIpc) is 2.41. The summed E-state index contributed by atoms with van der Waals surface area (Å²) in [6.45, 7) is 7.92. The van der Waals surface area contributed by atoms with Gasteiger partial charge in [-0.3, -0.25) is 4.79 Å². The van der Waals surface area contributed by atoms with E-state index in [0.29, 0.717) is 18.8 Å². The van der Waals surface area contributed by atoms with E-state index in [2.05, 4.69) is 25.2 Å². The molecule has 0 fully saturated rings. The first-order valence-electron chi connectivity index (χ1n) is 6.82. The van der Waals surface area contributed by atoms with Gasteiger partial charge in [-0.25, -0.2) is 0 Å². The van der Waals surface area contributed by atoms with Gasteiger partial charge in [0.25, 0.3) is 0 Å². The topological polar surface area (TPSA) is 52.9 Å². The molecule has 0 aliphatic rings. The van der Waals surface area contributed by atoms with Gasteiger partial charge in [-0.1, -0.05) is 45.9 Å². The Balaban J connectivity index is 3.04. The van der Waals surface area contributed by atoms with Crippen LogP contribution in [0.2, 0.25) is 0 Å². The lowest BCUT2D eigenvalue weighted by Crippen LogP contribution is -2.34. The molecule has 1 aromatic carbocycles. The quantitative estimate of drug-likeness (QED) is 0.865. The SMILES string of the molecule is CCC(C#N)(CC)C(=O)Nc1ccccc1C(C)C. The molecule has 0 radical (unpaired) electrons. The standard InChI is InChI=1S/C16H22N2O/c1-5-16(6-2,11-17)15(19)18-14-10-8-7-9-13(14)12(3)4/h7-10,12H,5-6H2,1-4H3,(H,18,19). The maximum absolute atomic E-state index is 12.4. The first-order valence-corrected chi connectivity index (χ1v) is 6.82. The van der Waals surface area contributed by atoms with E-state index in [9.17, 15) is 10.1 Å². The maximum Gasteiger partial charge on any atom is 0.244 e. The second-order valence-corrected chi connectivity index (χ2v) is 5.10. The third-order valence-corrected chi connectivity index (χ3v) is 3.69. The largest absolute Gasteiger partial charge is 0.324 e. The van der Waals surface area contributed by atoms with Gasteiger partial charge >= 0.3 is 0 Å². The van der Waals surface area contributed by atoms with Crippen molar-refractivity contribution in [3.8, 4) is 6.07 Å². The highest BCUT2D eigenvalue weighted by Gasteiger charge is 2.35. The Morgan fingerprint density at radius 3 is 2.37 bits per heavy atom. The highest BCUT2D eigenvalue weighted by atomic mass is 16.2. The minimum atomic E-state index is -0.926. The Labute approximate surface area is 115 Å². The van der Waals surface area contributed by atoms with Crippen molar-refractivity contribution < 1.29 is 4.79 Å². The van der Waals surface area contributed by atoms with Crippen LogP contribution >= 0.6 is 0 Å². The fourth-order valence-corrected chi connectivity index (χ4v) is 2.14. The van der Waals surface area contributed by atoms with Crippen molar-refractivity contribution in [2.75, 3.05) is 5.32 Å². The normalized spacial score (nSPS) is 11.2. The van der Waals surface area contributed by atoms with Gasteiger partial charge in [-0.2, -0.15) is 5.26 Å². The molecule has 1 aromatic rings. The average molecular weight is 258 g/mol. The van der Waals surface area contributed by atoms with Gasteiger partial charge in [0.1, 0.15) is 5.41 Å². The molecule has 0 saturated carbocycles. The van der Waals surface area contributed by atoms with Crippen LogP contribution in [0.3, 0.4) is 0 Å². The van der Waals surface area contributed by atoms with Crippen molar-refractivity contribution in [3.05, 3.63) is 29.8 Å². The molecule has 102 valence electrons. The van der Waals surface area contributed by atoms with Crippen LogP contribution in [0.4, 0.5) is 5.69 Å². The van der Waals surface area contributed by atoms with Crippen LogP contribution in [0.15, 0.2) is 24.3 Å². The summed E-state index contributed by atoms with van der Waals surface area (Å²) in [7, 11) is 0. The van der Waals surface area contributed by atoms with Crippen molar-refractivity contribution in [3.63, 3.8) is 0 Å². The Kier molecular flexibility index (Phi) is 5.11. The van der Waals surface area contributed by atoms with Gasteiger partial charge in [-0.05, 0) is 30.4 Å². The number of hydrogen-bond acceptors (Lipinski definition) is 2. The molecule has 1 rings (SSSR count). The lowest BCUT2D eigenvalue weighted by atomic mass is 9.83. The number of nitrogens with one attached hydrogen (secondary N) is 1. The molecular weight excluding hydrogens is 236 g/mol. The fraction of sp³-hybridized carbons (Fsp3) is 0.500. The number of nitrogens with zero attached hydrogens (tertiary/aromatic N) is 1. The van der Waals surface area contributed by atoms with E-state index in [0.717, 1.165) is 11.3 Å². The second-order valence-electron chi connectivity index (χ2n) is 5.10. The van der Waals surface area contributed by atoms with Crippen LogP contribution in [-0.4, -0.2) is 5.91 Å². The number of nitriles is 1. The summed E-state index contributed by atoms with van der Waals surface area (Å²) >= 11 is 0. The molecule has 0 bridgehead atoms. The van der Waals surface area contributed by atoms with Gasteiger partial charge in [-0.15, -0.1) is 0 Å². The molecule has 0 spiro atoms. The summed E-state index contributed by atoms with van der Waals surface area (Å²) in [6.07, 6.45) is 1.05. The number of para-hydroxylation sites is 1. The second kappa shape index (κ2) is 6.38. The van der Waals surface area contributed by atoms with E-state index in [1.165, 1.54) is 0 Å². The summed E-state index contributed by atoms with van der Waals surface area (Å²) in [6, 6.07) is 9.92. The van der Waals surface area contributed by atoms with Crippen molar-refractivity contribution in [1.82, 2.24) is 0 Å². The first kappa shape index (κ1) is 15.2. The van der Waals surface area contributed by atoms with E-state index in [-0.39, 0.29) is 5.91 Å². The highest BCUT2D eigenvalue weighted by molar-refractivity contribution is 5.97. The molecule has 0 aliphatic heterocycles. The molecule has 0 aliphatic carbocycles. The van der Waals surface area contributed by atoms with E-state index in [4.69, 9.17) is 0 Å². The van der Waals surface area contributed by atoms with Crippen LogP contribution in [0, 0.1) is 16.7 Å². The minimum Gasteiger partial charge on any atom is -0.324 e. The molecule has 0 saturated heterocycles. The molecular formula is C16H22N2O. The van der Waals surface area contributed by atoms with Gasteiger partial charge in [0, 0.05) is 5.69 Å². The van der Waals surface area contributed by atoms with Crippen LogP contribution in [0.5, 0.6) is 0 Å². The Bertz CT molecular complexity index is 482. The zero-order valence-corrected chi connectivity index (χ0v) is 12.2. The van der Waals surface area contributed by atoms with Crippen molar-refractivity contribution in [2.24, 2.45) is 5.41 Å². The van der Waals surface area contributed by atoms with Crippen molar-refractivity contribution in [2.45, 2.75) is 46.5 Å². The van der Waals surface area contributed by atoms with Crippen molar-refractivity contribution >= 4 is 11.6 Å². The molecule has 0 aromatic heterocycles. The smallest absolute Gasteiger partial charge is 0.244 e. The van der Waals surface area contributed by atoms with Gasteiger partial charge in [0.2, 0.25) is 5.91 Å². The fourth-order valence-electron chi connectivity index (χ4n) is 2.14. The van der Waals surface area contributed by atoms with Crippen molar-refractivity contribution in [1.29, 1.82) is 5.26 Å². The number of rotatable bonds is 5. The predicted molar refractivity (Wildman–Crippen MR) is 77.8 cm³/mol. The van der Waals surface area contributed by atoms with Crippen LogP contribution in [0.25, 0.3) is 0 Å². The number of hydrogen-bond donors (Lipinski definition) is 1. The van der Waals surface area contributed by atoms with Gasteiger partial charge in [0.05, 0.1) is 6.07 Å². The van der Waals surface area contributed by atoms with E-state index in [1.54, 1.807) is 0 Å². The molecule has 19 heavy (non-hydrogen) atoms. The molecule has 0 unspecified atom stereocenters. The zero-order chi connectivity index (χ0) is 14.5. The molecule has 1 N–H and O–H groups in total. The Morgan fingerprint density at radius 2 is 1.89 bits per heavy atom. The Morgan fingerprint density at radius 1 is 1.32 bits per heavy atom. The molecule has 1 amide bonds. The van der Waals surface area contributed by atoms with E-state index >= 15 is 0 Å². The first-order chi connectivity index (χ1) is 9.00. The number of carbonyl (C=O) groups excluding carboxylic acids is 1. The molecule has 3 heteroatoms. The summed E-state index contributed by atoms with van der Waals surface area (Å²) in [5.74, 6) is 0.129. The van der Waals surface area contributed by atoms with Crippen LogP contribution in [0.1, 0.15) is 52.0 Å². The molecule has 0 heterocycles. The van der Waals surface area contributed by atoms with Gasteiger partial charge < -0.3 is 5.32 Å². The predicted octanol–water partition coefficient (Wildman–Crippen LogP) is 4.08. The number of anilines is 1. The lowest BCUT2D eigenvalue weighted by molar-refractivity contribution is -0.123. The van der Waals surface area contributed by atoms with E-state index in [1.807, 2.05) is 38.1 Å². The summed E-state index contributed by atoms with van der Waals surface area (Å²) in [5, 5.41) is 12.2. The summed E-state index contributed by atoms with van der Waals surface area (Å²) in [4.78, 5) is 12.4. The number of amides is 1.